The Balaban J connectivity index is 1.29. The fourth-order valence-electron chi connectivity index (χ4n) is 4.68. The van der Waals surface area contributed by atoms with Gasteiger partial charge in [0.2, 0.25) is 5.91 Å². The maximum atomic E-state index is 12.9. The Labute approximate surface area is 182 Å². The highest BCUT2D eigenvalue weighted by Crippen LogP contribution is 2.37. The smallest absolute Gasteiger partial charge is 0.238 e. The summed E-state index contributed by atoms with van der Waals surface area (Å²) in [5.41, 5.74) is 4.71. The molecule has 1 aromatic heterocycles. The lowest BCUT2D eigenvalue weighted by atomic mass is 9.93. The van der Waals surface area contributed by atoms with Crippen molar-refractivity contribution >= 4 is 28.6 Å². The maximum Gasteiger partial charge on any atom is 0.238 e. The molecular formula is C25H27N3OS. The van der Waals surface area contributed by atoms with Crippen molar-refractivity contribution in [3.63, 3.8) is 0 Å². The molecule has 2 aliphatic heterocycles. The molecule has 30 heavy (non-hydrogen) atoms. The maximum absolute atomic E-state index is 12.9. The molecule has 1 fully saturated rings. The molecule has 0 spiro atoms. The number of thiophene rings is 1. The number of nitrogens with one attached hydrogen (secondary N) is 1. The molecule has 0 bridgehead atoms. The topological polar surface area (TPSA) is 35.6 Å². The van der Waals surface area contributed by atoms with Crippen LogP contribution in [0.3, 0.4) is 0 Å². The Kier molecular flexibility index (Phi) is 5.56. The number of amides is 1. The third-order valence-electron chi connectivity index (χ3n) is 6.15. The highest BCUT2D eigenvalue weighted by atomic mass is 32.1. The third kappa shape index (κ3) is 4.00. The summed E-state index contributed by atoms with van der Waals surface area (Å²) in [4.78, 5) is 19.0. The summed E-state index contributed by atoms with van der Waals surface area (Å²) in [6.45, 7) is 3.55. The van der Waals surface area contributed by atoms with Crippen molar-refractivity contribution in [1.82, 2.24) is 4.90 Å². The lowest BCUT2D eigenvalue weighted by Crippen LogP contribution is -2.40. The van der Waals surface area contributed by atoms with Crippen LogP contribution in [0.5, 0.6) is 0 Å². The molecule has 0 saturated carbocycles. The van der Waals surface area contributed by atoms with Gasteiger partial charge in [0.15, 0.2) is 0 Å². The first-order chi connectivity index (χ1) is 14.8. The van der Waals surface area contributed by atoms with E-state index in [0.29, 0.717) is 6.54 Å². The van der Waals surface area contributed by atoms with Crippen molar-refractivity contribution in [2.24, 2.45) is 0 Å². The van der Waals surface area contributed by atoms with Crippen LogP contribution < -0.4 is 10.2 Å². The van der Waals surface area contributed by atoms with E-state index in [4.69, 9.17) is 0 Å². The molecule has 2 aliphatic rings. The zero-order chi connectivity index (χ0) is 20.3. The van der Waals surface area contributed by atoms with E-state index < -0.39 is 0 Å². The number of carbonyl (C=O) groups is 1. The second kappa shape index (κ2) is 8.62. The molecule has 5 heteroatoms. The number of hydrogen-bond donors (Lipinski definition) is 1. The average Bonchev–Trinajstić information content (AvgIpc) is 3.47. The Bertz CT molecular complexity index is 993. The molecule has 3 aromatic rings. The zero-order valence-electron chi connectivity index (χ0n) is 17.1. The molecule has 2 aromatic carbocycles. The lowest BCUT2D eigenvalue weighted by Gasteiger charge is -2.35. The normalized spacial score (nSPS) is 18.9. The van der Waals surface area contributed by atoms with Crippen LogP contribution in [-0.4, -0.2) is 37.0 Å². The predicted molar refractivity (Wildman–Crippen MR) is 124 cm³/mol. The number of nitrogens with zero attached hydrogens (tertiary/aromatic N) is 2. The van der Waals surface area contributed by atoms with Crippen LogP contribution >= 0.6 is 11.3 Å². The first-order valence-corrected chi connectivity index (χ1v) is 11.7. The molecule has 5 rings (SSSR count). The molecular weight excluding hydrogens is 390 g/mol. The fourth-order valence-corrected chi connectivity index (χ4v) is 5.58. The van der Waals surface area contributed by atoms with Gasteiger partial charge in [0, 0.05) is 35.9 Å². The minimum atomic E-state index is 0.0449. The minimum absolute atomic E-state index is 0.0449. The second-order valence-corrected chi connectivity index (χ2v) is 9.12. The van der Waals surface area contributed by atoms with Crippen LogP contribution in [-0.2, 0) is 11.2 Å². The number of rotatable bonds is 5. The number of benzene rings is 2. The summed E-state index contributed by atoms with van der Waals surface area (Å²) in [5, 5.41) is 5.27. The summed E-state index contributed by atoms with van der Waals surface area (Å²) < 4.78 is 0. The molecule has 3 heterocycles. The first kappa shape index (κ1) is 19.3. The standard InChI is InChI=1S/C25H27N3OS/c29-24(26-20-8-10-21(11-9-20)27-14-4-5-15-27)18-28-16-12-23-22(13-17-30-23)25(28)19-6-2-1-3-7-19/h1-3,6-11,13,17,25H,4-5,12,14-16,18H2,(H,26,29). The monoisotopic (exact) mass is 417 g/mol. The van der Waals surface area contributed by atoms with E-state index in [1.54, 1.807) is 0 Å². The summed E-state index contributed by atoms with van der Waals surface area (Å²) in [5.74, 6) is 0.0449. The van der Waals surface area contributed by atoms with Gasteiger partial charge in [-0.1, -0.05) is 30.3 Å². The Hall–Kier alpha value is -2.63. The van der Waals surface area contributed by atoms with Crippen LogP contribution in [0.1, 0.15) is 34.9 Å². The number of carbonyl (C=O) groups excluding carboxylic acids is 1. The third-order valence-corrected chi connectivity index (χ3v) is 7.15. The molecule has 154 valence electrons. The first-order valence-electron chi connectivity index (χ1n) is 10.8. The molecule has 1 unspecified atom stereocenters. The van der Waals surface area contributed by atoms with Gasteiger partial charge in [-0.2, -0.15) is 0 Å². The molecule has 4 nitrogen and oxygen atoms in total. The Morgan fingerprint density at radius 3 is 2.50 bits per heavy atom. The molecule has 0 aliphatic carbocycles. The highest BCUT2D eigenvalue weighted by Gasteiger charge is 2.30. The van der Waals surface area contributed by atoms with Gasteiger partial charge >= 0.3 is 0 Å². The van der Waals surface area contributed by atoms with Gasteiger partial charge in [-0.05, 0) is 66.1 Å². The SMILES string of the molecule is O=C(CN1CCc2sccc2C1c1ccccc1)Nc1ccc(N2CCCC2)cc1. The Morgan fingerprint density at radius 1 is 0.967 bits per heavy atom. The molecule has 1 atom stereocenters. The van der Waals surface area contributed by atoms with E-state index in [9.17, 15) is 4.79 Å². The van der Waals surface area contributed by atoms with Crippen molar-refractivity contribution in [2.45, 2.75) is 25.3 Å². The summed E-state index contributed by atoms with van der Waals surface area (Å²) in [7, 11) is 0. The van der Waals surface area contributed by atoms with Crippen LogP contribution in [0.25, 0.3) is 0 Å². The van der Waals surface area contributed by atoms with Gasteiger partial charge in [-0.3, -0.25) is 9.69 Å². The summed E-state index contributed by atoms with van der Waals surface area (Å²) in [6.07, 6.45) is 3.54. The van der Waals surface area contributed by atoms with E-state index in [0.717, 1.165) is 31.7 Å². The van der Waals surface area contributed by atoms with Gasteiger partial charge < -0.3 is 10.2 Å². The second-order valence-electron chi connectivity index (χ2n) is 8.12. The number of fused-ring (bicyclic) bond motifs is 1. The summed E-state index contributed by atoms with van der Waals surface area (Å²) >= 11 is 1.83. The van der Waals surface area contributed by atoms with Crippen LogP contribution in [0.2, 0.25) is 0 Å². The van der Waals surface area contributed by atoms with Crippen molar-refractivity contribution in [3.05, 3.63) is 82.0 Å². The predicted octanol–water partition coefficient (Wildman–Crippen LogP) is 4.93. The van der Waals surface area contributed by atoms with Gasteiger partial charge in [0.25, 0.3) is 0 Å². The van der Waals surface area contributed by atoms with Crippen molar-refractivity contribution < 1.29 is 4.79 Å². The van der Waals surface area contributed by atoms with Gasteiger partial charge in [0.1, 0.15) is 0 Å². The van der Waals surface area contributed by atoms with Crippen molar-refractivity contribution in [3.8, 4) is 0 Å². The zero-order valence-corrected chi connectivity index (χ0v) is 17.9. The molecule has 1 amide bonds. The number of hydrogen-bond acceptors (Lipinski definition) is 4. The van der Waals surface area contributed by atoms with E-state index in [-0.39, 0.29) is 11.9 Å². The van der Waals surface area contributed by atoms with Gasteiger partial charge in [-0.25, -0.2) is 0 Å². The van der Waals surface area contributed by atoms with Crippen LogP contribution in [0.4, 0.5) is 11.4 Å². The highest BCUT2D eigenvalue weighted by molar-refractivity contribution is 7.10. The minimum Gasteiger partial charge on any atom is -0.372 e. The van der Waals surface area contributed by atoms with Crippen LogP contribution in [0.15, 0.2) is 66.0 Å². The van der Waals surface area contributed by atoms with Crippen molar-refractivity contribution in [2.75, 3.05) is 36.4 Å². The van der Waals surface area contributed by atoms with E-state index >= 15 is 0 Å². The summed E-state index contributed by atoms with van der Waals surface area (Å²) in [6, 6.07) is 21.2. The largest absolute Gasteiger partial charge is 0.372 e. The quantitative estimate of drug-likeness (QED) is 0.639. The fraction of sp³-hybridized carbons (Fsp3) is 0.320. The Morgan fingerprint density at radius 2 is 1.73 bits per heavy atom. The van der Waals surface area contributed by atoms with E-state index in [1.165, 1.54) is 34.5 Å². The molecule has 1 N–H and O–H groups in total. The number of anilines is 2. The lowest BCUT2D eigenvalue weighted by molar-refractivity contribution is -0.117. The van der Waals surface area contributed by atoms with Gasteiger partial charge in [-0.15, -0.1) is 11.3 Å². The average molecular weight is 418 g/mol. The molecule has 0 radical (unpaired) electrons. The van der Waals surface area contributed by atoms with Crippen LogP contribution in [0, 0.1) is 0 Å². The van der Waals surface area contributed by atoms with Crippen molar-refractivity contribution in [1.29, 1.82) is 0 Å². The van der Waals surface area contributed by atoms with E-state index in [1.807, 2.05) is 29.5 Å². The van der Waals surface area contributed by atoms with Gasteiger partial charge in [0.05, 0.1) is 12.6 Å². The van der Waals surface area contributed by atoms with E-state index in [2.05, 4.69) is 63.0 Å². The molecule has 1 saturated heterocycles.